The number of ketones is 4. The highest BCUT2D eigenvalue weighted by Gasteiger charge is 2.35. The Balaban J connectivity index is -0.00000155. The first kappa shape index (κ1) is 135. The van der Waals surface area contributed by atoms with Crippen molar-refractivity contribution in [2.45, 2.75) is 487 Å². The first-order chi connectivity index (χ1) is 64.5. The lowest BCUT2D eigenvalue weighted by molar-refractivity contribution is -0.193. The molecule has 798 valence electrons. The molecule has 0 aliphatic heterocycles. The Kier molecular flexibility index (Phi) is 67.4. The zero-order valence-electron chi connectivity index (χ0n) is 90.6. The Morgan fingerprint density at radius 2 is 0.514 bits per heavy atom. The molecule has 0 heterocycles. The Labute approximate surface area is 847 Å². The molecule has 140 heavy (non-hydrogen) atoms. The molecule has 2 N–H and O–H groups in total. The monoisotopic (exact) mass is 2010 g/mol. The fourth-order valence-corrected chi connectivity index (χ4v) is 15.5. The molecule has 0 aromatic heterocycles. The van der Waals surface area contributed by atoms with Crippen molar-refractivity contribution in [3.05, 3.63) is 85.1 Å². The van der Waals surface area contributed by atoms with Crippen molar-refractivity contribution in [1.29, 1.82) is 0 Å². The predicted molar refractivity (Wildman–Crippen MR) is 546 cm³/mol. The second-order valence-corrected chi connectivity index (χ2v) is 49.0. The quantitative estimate of drug-likeness (QED) is 0.116. The van der Waals surface area contributed by atoms with Gasteiger partial charge in [-0.1, -0.05) is 166 Å². The Morgan fingerprint density at radius 3 is 0.757 bits per heavy atom. The van der Waals surface area contributed by atoms with Crippen LogP contribution < -0.4 is 10.6 Å². The molecular formula is C109H178N2O27S2. The molecule has 0 spiro atoms. The van der Waals surface area contributed by atoms with E-state index in [0.717, 1.165) is 135 Å². The third-order valence-electron chi connectivity index (χ3n) is 20.2. The number of hydrogen-bond donors (Lipinski definition) is 2. The first-order valence-corrected chi connectivity index (χ1v) is 51.4. The molecule has 0 radical (unpaired) electrons. The number of alkyl carbamates (subject to hydrolysis) is 2. The number of thioether (sulfide) groups is 2. The van der Waals surface area contributed by atoms with Gasteiger partial charge in [0.2, 0.25) is 0 Å². The van der Waals surface area contributed by atoms with Crippen LogP contribution in [0.4, 0.5) is 33.6 Å². The molecule has 0 fully saturated rings. The maximum absolute atomic E-state index is 12.4. The van der Waals surface area contributed by atoms with E-state index >= 15 is 0 Å². The van der Waals surface area contributed by atoms with Gasteiger partial charge in [-0.25, -0.2) is 33.6 Å². The van der Waals surface area contributed by atoms with E-state index < -0.39 is 35.3 Å². The van der Waals surface area contributed by atoms with E-state index in [-0.39, 0.29) is 144 Å². The molecule has 10 atom stereocenters. The number of ether oxygens (including phenoxy) is 10. The standard InChI is InChI=1S/C18H31NO3.C18H30O4.C18H30O3S.C13H23NO2.C13H20O4.C13H22O3.C13H22O2S.3CO2/c1-17(2,3)15(20)13-9-7-11-14(12-8-10-13)22-16(21)19-18(4,5)6;2*1-17(2,3)15(19)13-9-7-11-14(12-8-10-13)21-16(20)22-18(4,5)6;1-13(2,3)14-12(15)16-11-9-7-5-4-6-8-10-11;1-13(2,3)17-12(15)16-11-8-4-6-10(14)7-5-9-11;2*1-13(2,3)16-12(14)15-11-9-7-5-4-6-8-10-11;3*2-1-3/h7,11,13-14H,8-10,12H2,1-6H3,(H,19,21);2*7,11,13-14H,8-10,12H2,1-6H3;7,9,11H,4-6,8,10H2,1-3H3,(H,14,15);4,8,11H,5-7,9H2,1-3H3;2*7,9,11H,4-6,8,10H2,1-3H3;;;/b3*11-7+;9-7+;8-4+;2*9-7+;;;. The van der Waals surface area contributed by atoms with Gasteiger partial charge >= 0.3 is 59.7 Å². The lowest BCUT2D eigenvalue weighted by atomic mass is 9.78. The van der Waals surface area contributed by atoms with Crippen molar-refractivity contribution in [2.75, 3.05) is 0 Å². The highest BCUT2D eigenvalue weighted by molar-refractivity contribution is 8.14. The Bertz CT molecular complexity index is 3640. The van der Waals surface area contributed by atoms with Gasteiger partial charge in [-0.2, -0.15) is 28.8 Å². The van der Waals surface area contributed by atoms with Crippen LogP contribution in [0.15, 0.2) is 85.1 Å². The van der Waals surface area contributed by atoms with Crippen LogP contribution in [0, 0.1) is 34.0 Å². The lowest BCUT2D eigenvalue weighted by Gasteiger charge is -2.26. The van der Waals surface area contributed by atoms with E-state index in [1.165, 1.54) is 62.0 Å². The SMILES string of the molecule is CC(C)(C)NC(=O)OC1/C=C/CC(C(=O)C(C)(C)C)CCC1.CC(C)(C)NC(=O)OC1/C=C/CCCCC1.CC(C)(C)OC(=O)OC1/C=C/CC(=O)CCC1.CC(C)(C)OC(=O)OC1/C=C/CC(C(=O)C(C)(C)C)CCC1.CC(C)(C)OC(=O)OC1/C=C/CCCCC1.CC(C)(C)SC(=O)OC1/C=C/CC(C(=O)C(C)(C)C)CCC1.CC(C)(C)SC(=O)OC1/C=C/CCCCC1.O=C=O.O=C=O.O=C=O. The number of Topliss-reactive ketones (excluding diaryl/α,β-unsaturated/α-hetero) is 4. The summed E-state index contributed by atoms with van der Waals surface area (Å²) in [7, 11) is 0. The van der Waals surface area contributed by atoms with Crippen LogP contribution >= 0.6 is 23.5 Å². The first-order valence-electron chi connectivity index (χ1n) is 49.7. The maximum Gasteiger partial charge on any atom is 0.509 e. The Hall–Kier alpha value is -9.01. The van der Waals surface area contributed by atoms with Gasteiger partial charge in [-0.3, -0.25) is 19.2 Å². The summed E-state index contributed by atoms with van der Waals surface area (Å²) in [5.74, 6) is 1.44. The van der Waals surface area contributed by atoms with Gasteiger partial charge in [0.25, 0.3) is 0 Å². The molecule has 0 aromatic carbocycles. The molecule has 29 nitrogen and oxygen atoms in total. The molecular weight excluding hydrogens is 1830 g/mol. The predicted octanol–water partition coefficient (Wildman–Crippen LogP) is 27.3. The third kappa shape index (κ3) is 80.5. The molecule has 7 rings (SSSR count). The molecule has 10 unspecified atom stereocenters. The molecule has 0 saturated heterocycles. The van der Waals surface area contributed by atoms with Gasteiger partial charge in [0.05, 0.1) is 0 Å². The minimum Gasteiger partial charge on any atom is -0.450 e. The number of hydrogen-bond acceptors (Lipinski definition) is 29. The maximum atomic E-state index is 12.4. The van der Waals surface area contributed by atoms with Crippen LogP contribution in [0.5, 0.6) is 0 Å². The van der Waals surface area contributed by atoms with Crippen LogP contribution in [-0.4, -0.2) is 163 Å². The number of carbonyl (C=O) groups excluding carboxylic acids is 17. The van der Waals surface area contributed by atoms with E-state index in [4.69, 9.17) is 76.1 Å². The Morgan fingerprint density at radius 1 is 0.286 bits per heavy atom. The number of rotatable bonds is 10. The van der Waals surface area contributed by atoms with Crippen LogP contribution in [0.2, 0.25) is 0 Å². The summed E-state index contributed by atoms with van der Waals surface area (Å²) in [6.07, 6.45) is 53.7. The summed E-state index contributed by atoms with van der Waals surface area (Å²) in [5, 5.41) is 5.24. The second kappa shape index (κ2) is 69.8. The average molecular weight is 2010 g/mol. The van der Waals surface area contributed by atoms with Crippen molar-refractivity contribution >= 4 is 106 Å². The van der Waals surface area contributed by atoms with Crippen molar-refractivity contribution in [3.8, 4) is 0 Å². The van der Waals surface area contributed by atoms with Gasteiger partial charge in [-0.15, -0.1) is 0 Å². The summed E-state index contributed by atoms with van der Waals surface area (Å²) in [6.45, 7) is 57.7. The number of nitrogens with one attached hydrogen (secondary N) is 2. The topological polar surface area (TPSA) is 407 Å². The summed E-state index contributed by atoms with van der Waals surface area (Å²) < 4.78 is 52.7. The fourth-order valence-electron chi connectivity index (χ4n) is 14.1. The van der Waals surface area contributed by atoms with E-state index in [2.05, 4.69) is 28.9 Å². The number of amides is 2. The number of allylic oxidation sites excluding steroid dienone is 7. The minimum atomic E-state index is -0.654. The summed E-state index contributed by atoms with van der Waals surface area (Å²) in [4.78, 5) is 178. The van der Waals surface area contributed by atoms with Gasteiger partial charge in [-0.05, 0) is 337 Å². The third-order valence-corrected chi connectivity index (χ3v) is 21.9. The van der Waals surface area contributed by atoms with Crippen LogP contribution in [-0.2, 0) is 95.3 Å². The van der Waals surface area contributed by atoms with Crippen LogP contribution in [0.25, 0.3) is 0 Å². The fraction of sp³-hybridized carbons (Fsp3) is 0.743. The molecule has 31 heteroatoms. The lowest BCUT2D eigenvalue weighted by Crippen LogP contribution is -2.42. The summed E-state index contributed by atoms with van der Waals surface area (Å²) in [5.41, 5.74) is -2.99. The summed E-state index contributed by atoms with van der Waals surface area (Å²) in [6, 6.07) is 0. The van der Waals surface area contributed by atoms with Gasteiger partial charge in [0.15, 0.2) is 0 Å². The van der Waals surface area contributed by atoms with Gasteiger partial charge in [0, 0.05) is 67.4 Å². The molecule has 0 aromatic rings. The van der Waals surface area contributed by atoms with Crippen LogP contribution in [0.1, 0.15) is 407 Å². The molecule has 0 saturated carbocycles. The van der Waals surface area contributed by atoms with E-state index in [9.17, 15) is 52.7 Å². The average Bonchev–Trinajstić information content (AvgIpc) is 0.863. The van der Waals surface area contributed by atoms with E-state index in [1.54, 1.807) is 32.9 Å². The molecule has 2 amide bonds. The zero-order chi connectivity index (χ0) is 108. The van der Waals surface area contributed by atoms with E-state index in [1.807, 2.05) is 242 Å². The van der Waals surface area contributed by atoms with Crippen molar-refractivity contribution in [2.24, 2.45) is 34.0 Å². The normalized spacial score (nSPS) is 23.0. The molecule has 0 bridgehead atoms. The van der Waals surface area contributed by atoms with Gasteiger partial charge < -0.3 is 58.0 Å². The van der Waals surface area contributed by atoms with Gasteiger partial charge in [0.1, 0.15) is 82.7 Å². The smallest absolute Gasteiger partial charge is 0.450 e. The molecule has 7 aliphatic carbocycles. The zero-order valence-corrected chi connectivity index (χ0v) is 92.2. The highest BCUT2D eigenvalue weighted by Crippen LogP contribution is 2.35. The summed E-state index contributed by atoms with van der Waals surface area (Å²) >= 11 is 2.49. The number of carbonyl (C=O) groups is 11. The minimum absolute atomic E-state index is 0.0114. The van der Waals surface area contributed by atoms with Crippen molar-refractivity contribution in [1.82, 2.24) is 10.6 Å². The highest BCUT2D eigenvalue weighted by atomic mass is 32.2. The second-order valence-electron chi connectivity index (χ2n) is 45.5. The van der Waals surface area contributed by atoms with Crippen molar-refractivity contribution < 1.29 is 129 Å². The largest absolute Gasteiger partial charge is 0.509 e. The van der Waals surface area contributed by atoms with Crippen LogP contribution in [0.3, 0.4) is 0 Å². The van der Waals surface area contributed by atoms with Crippen molar-refractivity contribution in [3.63, 3.8) is 0 Å². The van der Waals surface area contributed by atoms with E-state index in [0.29, 0.717) is 43.0 Å². The molecule has 7 aliphatic rings.